The third-order valence-electron chi connectivity index (χ3n) is 6.52. The number of aromatic nitrogens is 1. The first-order chi connectivity index (χ1) is 23.9. The number of carbonyl (C=O) groups is 5. The lowest BCUT2D eigenvalue weighted by molar-refractivity contribution is -0.182. The van der Waals surface area contributed by atoms with E-state index in [4.69, 9.17) is 45.5 Å². The van der Waals surface area contributed by atoms with Gasteiger partial charge in [-0.2, -0.15) is 0 Å². The molecule has 0 unspecified atom stereocenters. The number of esters is 3. The molecule has 1 aromatic heterocycles. The normalized spacial score (nSPS) is 13.0. The van der Waals surface area contributed by atoms with E-state index in [-0.39, 0.29) is 23.7 Å². The van der Waals surface area contributed by atoms with Gasteiger partial charge >= 0.3 is 29.9 Å². The van der Waals surface area contributed by atoms with Gasteiger partial charge < -0.3 is 39.3 Å². The number of nitrogens with zero attached hydrogens (tertiary/aromatic N) is 2. The standard InChI is InChI=1S/C33H39ClFN5O11/c1-18(36)29(42)49-26(31(44)48-17-47-30(43)19(2)37-32(45)50-33(3,4)5)16-40(38-28(41)25-14-27(46-6)39-51-25)15-20-7-9-21(10-8-20)23-13-22(34)11-12-24(23)35/h7-14,18-19,26H,15-17,36H2,1-6H3,(H,37,45)(H,38,41)/t18-,19-,26+/m0/s1. The van der Waals surface area contributed by atoms with E-state index in [1.807, 2.05) is 0 Å². The second kappa shape index (κ2) is 18.1. The second-order valence-corrected chi connectivity index (χ2v) is 12.4. The molecule has 2 aromatic carbocycles. The molecule has 3 atom stereocenters. The molecule has 0 saturated carbocycles. The van der Waals surface area contributed by atoms with Crippen molar-refractivity contribution in [3.05, 3.63) is 70.7 Å². The van der Waals surface area contributed by atoms with Crippen molar-refractivity contribution in [2.45, 2.75) is 65.0 Å². The molecule has 3 aromatic rings. The Hall–Kier alpha value is -5.26. The van der Waals surface area contributed by atoms with Gasteiger partial charge in [0.05, 0.1) is 19.7 Å². The van der Waals surface area contributed by atoms with Crippen LogP contribution in [0.1, 0.15) is 50.7 Å². The van der Waals surface area contributed by atoms with Gasteiger partial charge in [-0.05, 0) is 69.1 Å². The van der Waals surface area contributed by atoms with Crippen molar-refractivity contribution < 1.29 is 56.6 Å². The highest BCUT2D eigenvalue weighted by molar-refractivity contribution is 6.30. The molecule has 18 heteroatoms. The first-order valence-electron chi connectivity index (χ1n) is 15.4. The monoisotopic (exact) mass is 735 g/mol. The molecule has 0 aliphatic rings. The Bertz CT molecular complexity index is 1690. The van der Waals surface area contributed by atoms with Crippen molar-refractivity contribution in [3.63, 3.8) is 0 Å². The largest absolute Gasteiger partial charge is 0.479 e. The summed E-state index contributed by atoms with van der Waals surface area (Å²) in [5, 5.41) is 7.44. The fourth-order valence-electron chi connectivity index (χ4n) is 4.05. The summed E-state index contributed by atoms with van der Waals surface area (Å²) in [4.78, 5) is 63.1. The maximum Gasteiger partial charge on any atom is 0.408 e. The number of hydrogen-bond acceptors (Lipinski definition) is 14. The van der Waals surface area contributed by atoms with Gasteiger partial charge in [-0.1, -0.05) is 35.9 Å². The van der Waals surface area contributed by atoms with Crippen molar-refractivity contribution in [3.8, 4) is 17.0 Å². The summed E-state index contributed by atoms with van der Waals surface area (Å²) in [6.07, 6.45) is -2.59. The highest BCUT2D eigenvalue weighted by atomic mass is 35.5. The number of carbonyl (C=O) groups excluding carboxylic acids is 5. The predicted octanol–water partition coefficient (Wildman–Crippen LogP) is 3.51. The smallest absolute Gasteiger partial charge is 0.408 e. The molecule has 0 saturated heterocycles. The average Bonchev–Trinajstić information content (AvgIpc) is 3.54. The van der Waals surface area contributed by atoms with Crippen LogP contribution in [0.5, 0.6) is 5.88 Å². The molecular weight excluding hydrogens is 697 g/mol. The van der Waals surface area contributed by atoms with E-state index < -0.39 is 72.9 Å². The Morgan fingerprint density at radius 3 is 2.27 bits per heavy atom. The van der Waals surface area contributed by atoms with Gasteiger partial charge in [0.25, 0.3) is 5.88 Å². The summed E-state index contributed by atoms with van der Waals surface area (Å²) in [6, 6.07) is 9.56. The number of ether oxygens (including phenoxy) is 5. The highest BCUT2D eigenvalue weighted by Crippen LogP contribution is 2.26. The fraction of sp³-hybridized carbons (Fsp3) is 0.394. The van der Waals surface area contributed by atoms with Crippen LogP contribution in [0.4, 0.5) is 9.18 Å². The van der Waals surface area contributed by atoms with Gasteiger partial charge in [0.2, 0.25) is 18.7 Å². The van der Waals surface area contributed by atoms with Crippen LogP contribution < -0.4 is 21.2 Å². The van der Waals surface area contributed by atoms with Gasteiger partial charge in [0.1, 0.15) is 23.5 Å². The minimum Gasteiger partial charge on any atom is -0.479 e. The molecule has 0 aliphatic carbocycles. The van der Waals surface area contributed by atoms with Crippen LogP contribution in [-0.4, -0.2) is 84.3 Å². The number of nitrogens with two attached hydrogens (primary N) is 1. The topological polar surface area (TPSA) is 211 Å². The Labute approximate surface area is 297 Å². The zero-order valence-electron chi connectivity index (χ0n) is 28.7. The van der Waals surface area contributed by atoms with Crippen molar-refractivity contribution in [1.82, 2.24) is 20.9 Å². The lowest BCUT2D eigenvalue weighted by Crippen LogP contribution is -2.50. The van der Waals surface area contributed by atoms with E-state index >= 15 is 0 Å². The summed E-state index contributed by atoms with van der Waals surface area (Å²) in [7, 11) is 1.32. The van der Waals surface area contributed by atoms with Crippen LogP contribution >= 0.6 is 11.6 Å². The lowest BCUT2D eigenvalue weighted by atomic mass is 10.0. The molecule has 0 bridgehead atoms. The van der Waals surface area contributed by atoms with Gasteiger partial charge in [0, 0.05) is 17.1 Å². The number of rotatable bonds is 15. The van der Waals surface area contributed by atoms with E-state index in [0.717, 1.165) is 0 Å². The number of benzene rings is 2. The summed E-state index contributed by atoms with van der Waals surface area (Å²) in [5.74, 6) is -4.64. The average molecular weight is 736 g/mol. The number of nitrogens with one attached hydrogen (secondary N) is 2. The minimum atomic E-state index is -1.72. The van der Waals surface area contributed by atoms with Crippen LogP contribution in [0.25, 0.3) is 11.1 Å². The molecule has 1 heterocycles. The molecule has 0 spiro atoms. The first-order valence-corrected chi connectivity index (χ1v) is 15.7. The molecule has 0 aliphatic heterocycles. The summed E-state index contributed by atoms with van der Waals surface area (Å²) in [5.41, 5.74) is 8.73. The summed E-state index contributed by atoms with van der Waals surface area (Å²) < 4.78 is 44.8. The zero-order valence-corrected chi connectivity index (χ0v) is 29.4. The van der Waals surface area contributed by atoms with E-state index in [1.54, 1.807) is 45.0 Å². The van der Waals surface area contributed by atoms with Gasteiger partial charge in [0.15, 0.2) is 0 Å². The van der Waals surface area contributed by atoms with Crippen molar-refractivity contribution in [1.29, 1.82) is 0 Å². The number of hydrazine groups is 1. The minimum absolute atomic E-state index is 0.0213. The van der Waals surface area contributed by atoms with Crippen LogP contribution in [-0.2, 0) is 39.9 Å². The molecule has 276 valence electrons. The molecular formula is C33H39ClFN5O11. The Morgan fingerprint density at radius 1 is 1.00 bits per heavy atom. The second-order valence-electron chi connectivity index (χ2n) is 12.0. The SMILES string of the molecule is COc1cc(C(=O)NN(Cc2ccc(-c3cc(Cl)ccc3F)cc2)C[C@@H](OC(=O)[C@H](C)N)C(=O)OCOC(=O)[C@H](C)NC(=O)OC(C)(C)C)on1. The highest BCUT2D eigenvalue weighted by Gasteiger charge is 2.31. The Morgan fingerprint density at radius 2 is 1.67 bits per heavy atom. The quantitative estimate of drug-likeness (QED) is 0.0883. The maximum atomic E-state index is 14.5. The number of amides is 2. The fourth-order valence-corrected chi connectivity index (χ4v) is 4.23. The summed E-state index contributed by atoms with van der Waals surface area (Å²) >= 11 is 6.04. The van der Waals surface area contributed by atoms with E-state index in [1.165, 1.54) is 50.2 Å². The molecule has 16 nitrogen and oxygen atoms in total. The van der Waals surface area contributed by atoms with Gasteiger partial charge in [-0.3, -0.25) is 15.0 Å². The van der Waals surface area contributed by atoms with Crippen LogP contribution in [0.2, 0.25) is 5.02 Å². The zero-order chi connectivity index (χ0) is 37.9. The van der Waals surface area contributed by atoms with E-state index in [9.17, 15) is 28.4 Å². The summed E-state index contributed by atoms with van der Waals surface area (Å²) in [6.45, 7) is 6.04. The molecule has 2 amide bonds. The van der Waals surface area contributed by atoms with Crippen LogP contribution in [0.3, 0.4) is 0 Å². The Balaban J connectivity index is 1.78. The van der Waals surface area contributed by atoms with Crippen molar-refractivity contribution in [2.75, 3.05) is 20.4 Å². The van der Waals surface area contributed by atoms with Crippen LogP contribution in [0, 0.1) is 5.82 Å². The first kappa shape index (κ1) is 40.2. The molecule has 4 N–H and O–H groups in total. The number of methoxy groups -OCH3 is 1. The number of hydrogen-bond donors (Lipinski definition) is 3. The lowest BCUT2D eigenvalue weighted by Gasteiger charge is -2.27. The van der Waals surface area contributed by atoms with Crippen molar-refractivity contribution in [2.24, 2.45) is 5.73 Å². The Kier molecular flexibility index (Phi) is 14.3. The number of halogens is 2. The third kappa shape index (κ3) is 12.9. The molecule has 51 heavy (non-hydrogen) atoms. The third-order valence-corrected chi connectivity index (χ3v) is 6.75. The molecule has 3 rings (SSSR count). The predicted molar refractivity (Wildman–Crippen MR) is 177 cm³/mol. The molecule has 0 radical (unpaired) electrons. The van der Waals surface area contributed by atoms with Crippen molar-refractivity contribution >= 4 is 41.5 Å². The number of alkyl carbamates (subject to hydrolysis) is 1. The van der Waals surface area contributed by atoms with Crippen LogP contribution in [0.15, 0.2) is 53.1 Å². The van der Waals surface area contributed by atoms with Gasteiger partial charge in [-0.15, -0.1) is 0 Å². The van der Waals surface area contributed by atoms with E-state index in [0.29, 0.717) is 16.1 Å². The van der Waals surface area contributed by atoms with Gasteiger partial charge in [-0.25, -0.2) is 23.8 Å². The van der Waals surface area contributed by atoms with E-state index in [2.05, 4.69) is 15.9 Å². The maximum absolute atomic E-state index is 14.5. The molecule has 0 fully saturated rings.